The fourth-order valence-corrected chi connectivity index (χ4v) is 2.81. The minimum Gasteiger partial charge on any atom is -0.330 e. The largest absolute Gasteiger partial charge is 0.401 e. The Morgan fingerprint density at radius 2 is 1.72 bits per heavy atom. The standard InChI is InChI=1S/C13H25F3N2/c1-11(2)18(10-13(14,15)16)9-12(8-17)6-4-3-5-7-12/h11H,3-10,17H2,1-2H3. The molecule has 0 bridgehead atoms. The van der Waals surface area contributed by atoms with Crippen LogP contribution in [0, 0.1) is 5.41 Å². The van der Waals surface area contributed by atoms with Crippen LogP contribution in [0.4, 0.5) is 13.2 Å². The van der Waals surface area contributed by atoms with Crippen LogP contribution in [-0.4, -0.2) is 36.8 Å². The third-order valence-corrected chi connectivity index (χ3v) is 4.00. The van der Waals surface area contributed by atoms with Gasteiger partial charge >= 0.3 is 6.18 Å². The van der Waals surface area contributed by atoms with Gasteiger partial charge in [0.2, 0.25) is 0 Å². The SMILES string of the molecule is CC(C)N(CC(F)(F)F)CC1(CN)CCCCC1. The van der Waals surface area contributed by atoms with E-state index in [9.17, 15) is 13.2 Å². The zero-order valence-electron chi connectivity index (χ0n) is 11.4. The molecular formula is C13H25F3N2. The fourth-order valence-electron chi connectivity index (χ4n) is 2.81. The lowest BCUT2D eigenvalue weighted by Gasteiger charge is -2.42. The van der Waals surface area contributed by atoms with E-state index in [4.69, 9.17) is 5.73 Å². The molecule has 0 aromatic rings. The lowest BCUT2D eigenvalue weighted by Crippen LogP contribution is -2.49. The van der Waals surface area contributed by atoms with Gasteiger partial charge in [-0.3, -0.25) is 4.90 Å². The van der Waals surface area contributed by atoms with Gasteiger partial charge in [0.1, 0.15) is 0 Å². The summed E-state index contributed by atoms with van der Waals surface area (Å²) in [4.78, 5) is 1.53. The number of nitrogens with two attached hydrogens (primary N) is 1. The Balaban J connectivity index is 2.68. The molecule has 1 fully saturated rings. The van der Waals surface area contributed by atoms with Gasteiger partial charge in [-0.1, -0.05) is 19.3 Å². The van der Waals surface area contributed by atoms with Gasteiger partial charge in [0.15, 0.2) is 0 Å². The van der Waals surface area contributed by atoms with Crippen LogP contribution in [0.5, 0.6) is 0 Å². The first-order valence-electron chi connectivity index (χ1n) is 6.79. The van der Waals surface area contributed by atoms with Crippen molar-refractivity contribution in [3.63, 3.8) is 0 Å². The minimum atomic E-state index is -4.13. The molecule has 0 aromatic heterocycles. The van der Waals surface area contributed by atoms with Crippen molar-refractivity contribution in [3.05, 3.63) is 0 Å². The van der Waals surface area contributed by atoms with Crippen molar-refractivity contribution in [1.29, 1.82) is 0 Å². The molecule has 0 spiro atoms. The van der Waals surface area contributed by atoms with E-state index in [1.165, 1.54) is 11.3 Å². The molecule has 2 N–H and O–H groups in total. The van der Waals surface area contributed by atoms with Crippen molar-refractivity contribution in [3.8, 4) is 0 Å². The molecule has 0 saturated heterocycles. The zero-order chi connectivity index (χ0) is 13.8. The van der Waals surface area contributed by atoms with Crippen molar-refractivity contribution < 1.29 is 13.2 Å². The lowest BCUT2D eigenvalue weighted by atomic mass is 9.73. The maximum atomic E-state index is 12.6. The molecule has 0 atom stereocenters. The van der Waals surface area contributed by atoms with Gasteiger partial charge in [0.05, 0.1) is 6.54 Å². The summed E-state index contributed by atoms with van der Waals surface area (Å²) in [5.41, 5.74) is 5.74. The van der Waals surface area contributed by atoms with E-state index in [1.54, 1.807) is 0 Å². The predicted molar refractivity (Wildman–Crippen MR) is 67.3 cm³/mol. The van der Waals surface area contributed by atoms with Crippen molar-refractivity contribution in [2.24, 2.45) is 11.1 Å². The number of rotatable bonds is 5. The first-order valence-corrected chi connectivity index (χ1v) is 6.79. The smallest absolute Gasteiger partial charge is 0.330 e. The van der Waals surface area contributed by atoms with Crippen molar-refractivity contribution in [2.45, 2.75) is 58.2 Å². The highest BCUT2D eigenvalue weighted by Crippen LogP contribution is 2.37. The molecule has 0 aliphatic heterocycles. The third kappa shape index (κ3) is 4.76. The van der Waals surface area contributed by atoms with Crippen LogP contribution < -0.4 is 5.73 Å². The van der Waals surface area contributed by atoms with Gasteiger partial charge in [-0.25, -0.2) is 0 Å². The van der Waals surface area contributed by atoms with Gasteiger partial charge in [-0.2, -0.15) is 13.2 Å². The van der Waals surface area contributed by atoms with Crippen LogP contribution in [0.1, 0.15) is 46.0 Å². The van der Waals surface area contributed by atoms with Gasteiger partial charge in [0, 0.05) is 12.6 Å². The van der Waals surface area contributed by atoms with E-state index >= 15 is 0 Å². The van der Waals surface area contributed by atoms with Gasteiger partial charge < -0.3 is 5.73 Å². The van der Waals surface area contributed by atoms with E-state index in [2.05, 4.69) is 0 Å². The number of hydrogen-bond acceptors (Lipinski definition) is 2. The van der Waals surface area contributed by atoms with Crippen molar-refractivity contribution in [1.82, 2.24) is 4.90 Å². The molecule has 1 saturated carbocycles. The Kier molecular flexibility index (Phi) is 5.46. The van der Waals surface area contributed by atoms with Crippen LogP contribution in [0.2, 0.25) is 0 Å². The van der Waals surface area contributed by atoms with Gasteiger partial charge in [0.25, 0.3) is 0 Å². The Morgan fingerprint density at radius 3 is 2.11 bits per heavy atom. The van der Waals surface area contributed by atoms with Crippen LogP contribution in [0.3, 0.4) is 0 Å². The predicted octanol–water partition coefficient (Wildman–Crippen LogP) is 3.17. The Hall–Kier alpha value is -0.290. The van der Waals surface area contributed by atoms with E-state index in [1.807, 2.05) is 13.8 Å². The molecule has 5 heteroatoms. The highest BCUT2D eigenvalue weighted by Gasteiger charge is 2.38. The highest BCUT2D eigenvalue weighted by molar-refractivity contribution is 4.88. The fraction of sp³-hybridized carbons (Fsp3) is 1.00. The molecular weight excluding hydrogens is 241 g/mol. The maximum absolute atomic E-state index is 12.6. The molecule has 1 aliphatic rings. The van der Waals surface area contributed by atoms with Crippen molar-refractivity contribution in [2.75, 3.05) is 19.6 Å². The lowest BCUT2D eigenvalue weighted by molar-refractivity contribution is -0.153. The summed E-state index contributed by atoms with van der Waals surface area (Å²) >= 11 is 0. The number of halogens is 3. The summed E-state index contributed by atoms with van der Waals surface area (Å²) in [6.45, 7) is 3.78. The molecule has 18 heavy (non-hydrogen) atoms. The van der Waals surface area contributed by atoms with Crippen LogP contribution in [-0.2, 0) is 0 Å². The first-order chi connectivity index (χ1) is 8.28. The molecule has 108 valence electrons. The molecule has 2 nitrogen and oxygen atoms in total. The molecule has 0 radical (unpaired) electrons. The summed E-state index contributed by atoms with van der Waals surface area (Å²) in [5.74, 6) is 0. The molecule has 1 rings (SSSR count). The second kappa shape index (κ2) is 6.24. The Morgan fingerprint density at radius 1 is 1.17 bits per heavy atom. The summed E-state index contributed by atoms with van der Waals surface area (Å²) in [6.07, 6.45) is 1.16. The quantitative estimate of drug-likeness (QED) is 0.828. The summed E-state index contributed by atoms with van der Waals surface area (Å²) in [7, 11) is 0. The van der Waals surface area contributed by atoms with E-state index in [0.29, 0.717) is 13.1 Å². The summed E-state index contributed by atoms with van der Waals surface area (Å²) < 4.78 is 37.7. The first kappa shape index (κ1) is 15.8. The van der Waals surface area contributed by atoms with Crippen molar-refractivity contribution >= 4 is 0 Å². The van der Waals surface area contributed by atoms with Gasteiger partial charge in [-0.05, 0) is 38.6 Å². The van der Waals surface area contributed by atoms with Crippen LogP contribution in [0.25, 0.3) is 0 Å². The molecule has 0 amide bonds. The van der Waals surface area contributed by atoms with Crippen LogP contribution in [0.15, 0.2) is 0 Å². The molecule has 0 heterocycles. The topological polar surface area (TPSA) is 29.3 Å². The summed E-state index contributed by atoms with van der Waals surface area (Å²) in [5, 5.41) is 0. The second-order valence-corrected chi connectivity index (χ2v) is 5.88. The van der Waals surface area contributed by atoms with E-state index < -0.39 is 12.7 Å². The summed E-state index contributed by atoms with van der Waals surface area (Å²) in [6, 6.07) is -0.100. The number of hydrogen-bond donors (Lipinski definition) is 1. The Bertz CT molecular complexity index is 245. The van der Waals surface area contributed by atoms with E-state index in [-0.39, 0.29) is 11.5 Å². The van der Waals surface area contributed by atoms with E-state index in [0.717, 1.165) is 25.7 Å². The Labute approximate surface area is 108 Å². The molecule has 1 aliphatic carbocycles. The molecule has 0 aromatic carbocycles. The average Bonchev–Trinajstić information content (AvgIpc) is 2.27. The normalized spacial score (nSPS) is 20.7. The zero-order valence-corrected chi connectivity index (χ0v) is 11.4. The van der Waals surface area contributed by atoms with Gasteiger partial charge in [-0.15, -0.1) is 0 Å². The minimum absolute atomic E-state index is 0.100. The highest BCUT2D eigenvalue weighted by atomic mass is 19.4. The second-order valence-electron chi connectivity index (χ2n) is 5.88. The van der Waals surface area contributed by atoms with Crippen LogP contribution >= 0.6 is 0 Å². The third-order valence-electron chi connectivity index (χ3n) is 4.00. The molecule has 0 unspecified atom stereocenters. The monoisotopic (exact) mass is 266 g/mol. The average molecular weight is 266 g/mol. The number of nitrogens with zero attached hydrogens (tertiary/aromatic N) is 1. The number of alkyl halides is 3. The maximum Gasteiger partial charge on any atom is 0.401 e.